The van der Waals surface area contributed by atoms with Gasteiger partial charge in [0.1, 0.15) is 0 Å². The number of esters is 1. The van der Waals surface area contributed by atoms with Crippen LogP contribution in [0, 0.1) is 23.7 Å². The fraction of sp³-hybridized carbons (Fsp3) is 0.500. The highest BCUT2D eigenvalue weighted by Gasteiger charge is 2.66. The van der Waals surface area contributed by atoms with E-state index in [0.717, 1.165) is 6.42 Å². The van der Waals surface area contributed by atoms with Crippen molar-refractivity contribution >= 4 is 88.8 Å². The lowest BCUT2D eigenvalue weighted by Crippen LogP contribution is -2.37. The van der Waals surface area contributed by atoms with E-state index in [4.69, 9.17) is 16.3 Å². The fourth-order valence-electron chi connectivity index (χ4n) is 4.82. The Bertz CT molecular complexity index is 929. The molecule has 1 aliphatic heterocycles. The van der Waals surface area contributed by atoms with E-state index >= 15 is 0 Å². The van der Waals surface area contributed by atoms with Crippen molar-refractivity contribution in [2.45, 2.75) is 22.5 Å². The summed E-state index contributed by atoms with van der Waals surface area (Å²) in [5.74, 6) is -1.94. The summed E-state index contributed by atoms with van der Waals surface area (Å²) in [6, 6.07) is 4.90. The second-order valence-electron chi connectivity index (χ2n) is 7.92. The number of anilines is 1. The molecule has 2 aliphatic carbocycles. The first kappa shape index (κ1) is 23.2. The fourth-order valence-corrected chi connectivity index (χ4v) is 7.12. The van der Waals surface area contributed by atoms with Crippen LogP contribution in [-0.4, -0.2) is 51.4 Å². The highest BCUT2D eigenvalue weighted by atomic mass is 79.9. The molecular formula is C20H18Br3ClN2O5. The molecule has 0 aromatic heterocycles. The maximum atomic E-state index is 12.8. The topological polar surface area (TPSA) is 92.8 Å². The van der Waals surface area contributed by atoms with Gasteiger partial charge in [-0.05, 0) is 52.4 Å². The summed E-state index contributed by atoms with van der Waals surface area (Å²) >= 11 is 16.5. The van der Waals surface area contributed by atoms with E-state index in [1.165, 1.54) is 4.90 Å². The van der Waals surface area contributed by atoms with Gasteiger partial charge in [-0.1, -0.05) is 43.5 Å². The van der Waals surface area contributed by atoms with Crippen molar-refractivity contribution in [3.63, 3.8) is 0 Å². The van der Waals surface area contributed by atoms with Crippen molar-refractivity contribution in [1.82, 2.24) is 4.90 Å². The normalized spacial score (nSPS) is 31.2. The van der Waals surface area contributed by atoms with Crippen LogP contribution in [0.1, 0.15) is 12.8 Å². The Kier molecular flexibility index (Phi) is 6.82. The second-order valence-corrected chi connectivity index (χ2v) is 11.3. The van der Waals surface area contributed by atoms with Crippen LogP contribution < -0.4 is 5.32 Å². The van der Waals surface area contributed by atoms with Crippen LogP contribution in [0.15, 0.2) is 22.7 Å². The lowest BCUT2D eigenvalue weighted by atomic mass is 9.81. The Morgan fingerprint density at radius 3 is 2.32 bits per heavy atom. The predicted molar refractivity (Wildman–Crippen MR) is 124 cm³/mol. The number of nitrogens with zero attached hydrogens (tertiary/aromatic N) is 1. The number of alkyl halides is 2. The van der Waals surface area contributed by atoms with E-state index in [9.17, 15) is 19.2 Å². The smallest absolute Gasteiger partial charge is 0.308 e. The predicted octanol–water partition coefficient (Wildman–Crippen LogP) is 3.75. The summed E-state index contributed by atoms with van der Waals surface area (Å²) in [6.45, 7) is -0.507. The Balaban J connectivity index is 1.26. The second kappa shape index (κ2) is 9.11. The summed E-state index contributed by atoms with van der Waals surface area (Å²) in [7, 11) is 0. The van der Waals surface area contributed by atoms with Gasteiger partial charge in [0, 0.05) is 26.4 Å². The van der Waals surface area contributed by atoms with Crippen molar-refractivity contribution in [3.8, 4) is 0 Å². The molecule has 1 heterocycles. The van der Waals surface area contributed by atoms with Gasteiger partial charge in [0.2, 0.25) is 11.8 Å². The lowest BCUT2D eigenvalue weighted by molar-refractivity contribution is -0.149. The van der Waals surface area contributed by atoms with Gasteiger partial charge in [-0.3, -0.25) is 24.1 Å². The van der Waals surface area contributed by atoms with Crippen LogP contribution >= 0.6 is 59.4 Å². The molecule has 6 atom stereocenters. The van der Waals surface area contributed by atoms with E-state index in [2.05, 4.69) is 53.1 Å². The minimum atomic E-state index is -0.652. The van der Waals surface area contributed by atoms with E-state index < -0.39 is 18.5 Å². The summed E-state index contributed by atoms with van der Waals surface area (Å²) in [6.07, 6.45) is 0.701. The monoisotopic (exact) mass is 638 g/mol. The van der Waals surface area contributed by atoms with E-state index in [0.29, 0.717) is 15.2 Å². The Hall–Kier alpha value is -0.970. The number of hydrogen-bond acceptors (Lipinski definition) is 5. The van der Waals surface area contributed by atoms with E-state index in [1.54, 1.807) is 18.2 Å². The highest BCUT2D eigenvalue weighted by Crippen LogP contribution is 2.60. The number of carbonyl (C=O) groups is 4. The van der Waals surface area contributed by atoms with Crippen LogP contribution in [0.25, 0.3) is 0 Å². The number of rotatable bonds is 6. The first-order chi connectivity index (χ1) is 14.7. The Morgan fingerprint density at radius 2 is 1.74 bits per heavy atom. The zero-order valence-electron chi connectivity index (χ0n) is 16.0. The van der Waals surface area contributed by atoms with Gasteiger partial charge in [0.25, 0.3) is 5.91 Å². The van der Waals surface area contributed by atoms with Gasteiger partial charge in [0.15, 0.2) is 6.61 Å². The third-order valence-electron chi connectivity index (χ3n) is 6.19. The molecule has 4 rings (SSSR count). The number of likely N-dealkylation sites (tertiary alicyclic amines) is 1. The number of hydrogen-bond donors (Lipinski definition) is 1. The molecule has 2 saturated carbocycles. The molecule has 3 fully saturated rings. The van der Waals surface area contributed by atoms with Crippen molar-refractivity contribution in [3.05, 3.63) is 27.7 Å². The first-order valence-electron chi connectivity index (χ1n) is 9.73. The van der Waals surface area contributed by atoms with E-state index in [1.807, 2.05) is 0 Å². The molecule has 3 amide bonds. The lowest BCUT2D eigenvalue weighted by Gasteiger charge is -2.28. The third kappa shape index (κ3) is 4.32. The summed E-state index contributed by atoms with van der Waals surface area (Å²) in [4.78, 5) is 51.2. The average molecular weight is 642 g/mol. The molecule has 3 aliphatic rings. The average Bonchev–Trinajstić information content (AvgIpc) is 3.33. The number of ether oxygens (including phenoxy) is 1. The van der Waals surface area contributed by atoms with Crippen LogP contribution in [0.4, 0.5) is 5.69 Å². The van der Waals surface area contributed by atoms with Crippen molar-refractivity contribution in [2.24, 2.45) is 23.7 Å². The Morgan fingerprint density at radius 1 is 1.13 bits per heavy atom. The molecule has 166 valence electrons. The van der Waals surface area contributed by atoms with Gasteiger partial charge in [0.05, 0.1) is 23.3 Å². The standard InChI is InChI=1S/C20H18Br3ClN2O5/c21-11-2-1-8(5-12(11)24)25-13(27)7-31-14(28)3-4-26-19(29)15-9-6-10(16(15)20(26)30)18(23)17(9)22/h1-2,5,9-10,15-18H,3-4,6-7H2,(H,25,27)/t9-,10-,15-,16+,17-,18+/m1/s1. The van der Waals surface area contributed by atoms with Gasteiger partial charge < -0.3 is 10.1 Å². The molecular weight excluding hydrogens is 623 g/mol. The number of imide groups is 1. The largest absolute Gasteiger partial charge is 0.456 e. The zero-order chi connectivity index (χ0) is 22.4. The minimum Gasteiger partial charge on any atom is -0.456 e. The molecule has 1 N–H and O–H groups in total. The molecule has 0 radical (unpaired) electrons. The molecule has 1 saturated heterocycles. The maximum absolute atomic E-state index is 12.8. The molecule has 0 unspecified atom stereocenters. The molecule has 2 bridgehead atoms. The van der Waals surface area contributed by atoms with E-state index in [-0.39, 0.29) is 58.1 Å². The quantitative estimate of drug-likeness (QED) is 0.291. The molecule has 1 aromatic carbocycles. The number of benzene rings is 1. The summed E-state index contributed by atoms with van der Waals surface area (Å²) < 4.78 is 5.68. The third-order valence-corrected chi connectivity index (χ3v) is 10.6. The van der Waals surface area contributed by atoms with Crippen molar-refractivity contribution < 1.29 is 23.9 Å². The SMILES string of the molecule is O=C(COC(=O)CCN1C(=O)[C@@H]2[C@H]3C[C@@H]([C@H](Br)[C@@H]3Br)[C@@H]2C1=O)Nc1ccc(Br)c(Cl)c1. The van der Waals surface area contributed by atoms with Gasteiger partial charge in [-0.25, -0.2) is 0 Å². The number of amides is 3. The molecule has 0 spiro atoms. The van der Waals surface area contributed by atoms with Crippen molar-refractivity contribution in [2.75, 3.05) is 18.5 Å². The molecule has 11 heteroatoms. The Labute approximate surface area is 208 Å². The molecule has 7 nitrogen and oxygen atoms in total. The van der Waals surface area contributed by atoms with Crippen LogP contribution in [-0.2, 0) is 23.9 Å². The number of carbonyl (C=O) groups excluding carboxylic acids is 4. The van der Waals surface area contributed by atoms with Crippen LogP contribution in [0.3, 0.4) is 0 Å². The van der Waals surface area contributed by atoms with Gasteiger partial charge >= 0.3 is 5.97 Å². The minimum absolute atomic E-state index is 0.0349. The van der Waals surface area contributed by atoms with Crippen LogP contribution in [0.5, 0.6) is 0 Å². The molecule has 31 heavy (non-hydrogen) atoms. The molecule has 1 aromatic rings. The number of fused-ring (bicyclic) bond motifs is 5. The maximum Gasteiger partial charge on any atom is 0.308 e. The highest BCUT2D eigenvalue weighted by molar-refractivity contribution is 9.12. The summed E-state index contributed by atoms with van der Waals surface area (Å²) in [5.41, 5.74) is 0.471. The van der Waals surface area contributed by atoms with Gasteiger partial charge in [-0.15, -0.1) is 0 Å². The van der Waals surface area contributed by atoms with Crippen LogP contribution in [0.2, 0.25) is 5.02 Å². The number of halogens is 4. The van der Waals surface area contributed by atoms with Crippen molar-refractivity contribution in [1.29, 1.82) is 0 Å². The number of nitrogens with one attached hydrogen (secondary N) is 1. The van der Waals surface area contributed by atoms with Gasteiger partial charge in [-0.2, -0.15) is 0 Å². The first-order valence-corrected chi connectivity index (χ1v) is 12.7. The zero-order valence-corrected chi connectivity index (χ0v) is 21.5. The summed E-state index contributed by atoms with van der Waals surface area (Å²) in [5, 5.41) is 3.01.